The van der Waals surface area contributed by atoms with Gasteiger partial charge < -0.3 is 20.1 Å². The van der Waals surface area contributed by atoms with Crippen LogP contribution in [0.2, 0.25) is 0 Å². The largest absolute Gasteiger partial charge is 0.482 e. The van der Waals surface area contributed by atoms with Crippen molar-refractivity contribution in [1.29, 1.82) is 5.26 Å². The minimum absolute atomic E-state index is 0.175. The van der Waals surface area contributed by atoms with E-state index in [0.29, 0.717) is 29.0 Å². The number of ketones is 1. The molecule has 9 heteroatoms. The van der Waals surface area contributed by atoms with Crippen LogP contribution in [0.1, 0.15) is 40.2 Å². The zero-order valence-electron chi connectivity index (χ0n) is 19.3. The fourth-order valence-corrected chi connectivity index (χ4v) is 3.97. The fourth-order valence-electron chi connectivity index (χ4n) is 3.97. The number of carbonyl (C=O) groups is 1. The molecule has 33 heavy (non-hydrogen) atoms. The van der Waals surface area contributed by atoms with Crippen molar-refractivity contribution in [1.82, 2.24) is 19.7 Å². The number of rotatable bonds is 2. The second-order valence-corrected chi connectivity index (χ2v) is 8.46. The Hall–Kier alpha value is -3.90. The second-order valence-electron chi connectivity index (χ2n) is 8.46. The van der Waals surface area contributed by atoms with Crippen LogP contribution in [0, 0.1) is 18.3 Å². The number of ether oxygens (including phenoxy) is 2. The standard InChI is InChI=1S/C24H26N6O3/c1-13-6-7-16-17(8-13)14(2)32-19-9-15(11-27-23(19)26)21-18(10-25)30(5)28-24(21)33-20(22(16)31)12-29(3)4/h6-9,11,14,20H,12H2,1-5H3,(H2,26,27)/t14-,20?/m1/s1. The average molecular weight is 447 g/mol. The number of aryl methyl sites for hydroxylation is 2. The van der Waals surface area contributed by atoms with Crippen LogP contribution in [-0.2, 0) is 7.05 Å². The number of fused-ring (bicyclic) bond motifs is 5. The van der Waals surface area contributed by atoms with Gasteiger partial charge in [-0.05, 0) is 34.0 Å². The second kappa shape index (κ2) is 8.56. The number of aromatic nitrogens is 3. The first kappa shape index (κ1) is 22.3. The first-order valence-electron chi connectivity index (χ1n) is 10.5. The molecule has 2 aromatic heterocycles. The number of nitrogens with two attached hydrogens (primary N) is 1. The van der Waals surface area contributed by atoms with E-state index >= 15 is 0 Å². The molecule has 3 aromatic rings. The van der Waals surface area contributed by atoms with Gasteiger partial charge in [-0.15, -0.1) is 5.10 Å². The summed E-state index contributed by atoms with van der Waals surface area (Å²) in [6.07, 6.45) is 0.213. The van der Waals surface area contributed by atoms with E-state index in [-0.39, 0.29) is 23.2 Å². The first-order chi connectivity index (χ1) is 15.7. The summed E-state index contributed by atoms with van der Waals surface area (Å²) in [6.45, 7) is 4.15. The topological polar surface area (TPSA) is 119 Å². The van der Waals surface area contributed by atoms with Crippen LogP contribution in [-0.4, -0.2) is 52.2 Å². The number of nitrogen functional groups attached to an aromatic ring is 1. The molecule has 0 saturated carbocycles. The molecule has 1 aliphatic heterocycles. The smallest absolute Gasteiger partial charge is 0.243 e. The molecular formula is C24H26N6O3. The molecule has 0 saturated heterocycles. The highest BCUT2D eigenvalue weighted by molar-refractivity contribution is 6.01. The quantitative estimate of drug-likeness (QED) is 0.638. The van der Waals surface area contributed by atoms with Crippen LogP contribution < -0.4 is 15.2 Å². The van der Waals surface area contributed by atoms with Gasteiger partial charge in [0.15, 0.2) is 17.7 Å². The molecule has 170 valence electrons. The summed E-state index contributed by atoms with van der Waals surface area (Å²) in [5.41, 5.74) is 9.61. The molecule has 0 spiro atoms. The van der Waals surface area contributed by atoms with Crippen molar-refractivity contribution in [3.05, 3.63) is 52.8 Å². The number of pyridine rings is 1. The van der Waals surface area contributed by atoms with Crippen molar-refractivity contribution in [3.63, 3.8) is 0 Å². The molecule has 1 unspecified atom stereocenters. The van der Waals surface area contributed by atoms with Gasteiger partial charge in [0.25, 0.3) is 0 Å². The van der Waals surface area contributed by atoms with Crippen LogP contribution in [0.3, 0.4) is 0 Å². The van der Waals surface area contributed by atoms with Gasteiger partial charge in [0, 0.05) is 36.5 Å². The first-order valence-corrected chi connectivity index (χ1v) is 10.5. The van der Waals surface area contributed by atoms with Crippen LogP contribution >= 0.6 is 0 Å². The summed E-state index contributed by atoms with van der Waals surface area (Å²) in [5, 5.41) is 14.2. The van der Waals surface area contributed by atoms with Crippen molar-refractivity contribution in [2.75, 3.05) is 26.4 Å². The molecule has 1 aromatic carbocycles. The average Bonchev–Trinajstić information content (AvgIpc) is 3.08. The predicted molar refractivity (Wildman–Crippen MR) is 123 cm³/mol. The summed E-state index contributed by atoms with van der Waals surface area (Å²) < 4.78 is 13.9. The highest BCUT2D eigenvalue weighted by Gasteiger charge is 2.31. The number of hydrogen-bond acceptors (Lipinski definition) is 8. The zero-order chi connectivity index (χ0) is 23.9. The summed E-state index contributed by atoms with van der Waals surface area (Å²) in [5.74, 6) is 0.538. The molecule has 2 atom stereocenters. The third kappa shape index (κ3) is 4.13. The van der Waals surface area contributed by atoms with E-state index < -0.39 is 12.2 Å². The van der Waals surface area contributed by atoms with Crippen molar-refractivity contribution in [2.45, 2.75) is 26.1 Å². The van der Waals surface area contributed by atoms with Crippen LogP contribution in [0.4, 0.5) is 5.82 Å². The molecule has 3 heterocycles. The van der Waals surface area contributed by atoms with E-state index in [4.69, 9.17) is 15.2 Å². The van der Waals surface area contributed by atoms with Crippen molar-refractivity contribution >= 4 is 11.6 Å². The SMILES string of the molecule is Cc1ccc2c(c1)[C@@H](C)Oc1cc(cnc1N)-c1c(nn(C)c1C#N)OC(CN(C)C)C2=O. The molecule has 0 radical (unpaired) electrons. The maximum Gasteiger partial charge on any atom is 0.243 e. The number of nitrogens with zero attached hydrogens (tertiary/aromatic N) is 5. The summed E-state index contributed by atoms with van der Waals surface area (Å²) in [6, 6.07) is 9.50. The van der Waals surface area contributed by atoms with Gasteiger partial charge >= 0.3 is 0 Å². The fraction of sp³-hybridized carbons (Fsp3) is 0.333. The number of benzene rings is 1. The van der Waals surface area contributed by atoms with Gasteiger partial charge in [-0.3, -0.25) is 9.48 Å². The Bertz CT molecular complexity index is 1270. The monoisotopic (exact) mass is 446 g/mol. The predicted octanol–water partition coefficient (Wildman–Crippen LogP) is 2.89. The van der Waals surface area contributed by atoms with Crippen LogP contribution in [0.5, 0.6) is 11.6 Å². The van der Waals surface area contributed by atoms with Crippen LogP contribution in [0.15, 0.2) is 30.5 Å². The third-order valence-electron chi connectivity index (χ3n) is 5.58. The molecule has 4 rings (SSSR count). The van der Waals surface area contributed by atoms with Crippen molar-refractivity contribution in [2.24, 2.45) is 7.05 Å². The van der Waals surface area contributed by atoms with E-state index in [2.05, 4.69) is 16.2 Å². The normalized spacial score (nSPS) is 17.7. The van der Waals surface area contributed by atoms with E-state index in [9.17, 15) is 10.1 Å². The summed E-state index contributed by atoms with van der Waals surface area (Å²) in [4.78, 5) is 19.9. The van der Waals surface area contributed by atoms with Gasteiger partial charge in [0.1, 0.15) is 17.9 Å². The van der Waals surface area contributed by atoms with E-state index in [1.165, 1.54) is 4.68 Å². The molecule has 0 aliphatic carbocycles. The third-order valence-corrected chi connectivity index (χ3v) is 5.58. The van der Waals surface area contributed by atoms with Crippen LogP contribution in [0.25, 0.3) is 11.1 Å². The Morgan fingerprint density at radius 3 is 2.73 bits per heavy atom. The lowest BCUT2D eigenvalue weighted by Gasteiger charge is -2.25. The maximum absolute atomic E-state index is 13.7. The molecular weight excluding hydrogens is 420 g/mol. The van der Waals surface area contributed by atoms with Gasteiger partial charge in [0.2, 0.25) is 11.7 Å². The summed E-state index contributed by atoms with van der Waals surface area (Å²) in [7, 11) is 5.38. The maximum atomic E-state index is 13.7. The Balaban J connectivity index is 1.99. The van der Waals surface area contributed by atoms with E-state index in [0.717, 1.165) is 11.1 Å². The minimum atomic E-state index is -0.852. The van der Waals surface area contributed by atoms with Crippen molar-refractivity contribution in [3.8, 4) is 28.8 Å². The molecule has 2 N–H and O–H groups in total. The Morgan fingerprint density at radius 2 is 2.03 bits per heavy atom. The molecule has 0 fully saturated rings. The van der Waals surface area contributed by atoms with Gasteiger partial charge in [-0.2, -0.15) is 5.26 Å². The molecule has 2 bridgehead atoms. The lowest BCUT2D eigenvalue weighted by molar-refractivity contribution is 0.0729. The highest BCUT2D eigenvalue weighted by atomic mass is 16.5. The Kier molecular flexibility index (Phi) is 5.78. The molecule has 1 aliphatic rings. The lowest BCUT2D eigenvalue weighted by atomic mass is 9.94. The number of hydrogen-bond donors (Lipinski definition) is 1. The number of Topliss-reactive ketones (excluding diaryl/α,β-unsaturated/α-hetero) is 1. The number of nitriles is 1. The number of carbonyl (C=O) groups excluding carboxylic acids is 1. The zero-order valence-corrected chi connectivity index (χ0v) is 19.3. The number of anilines is 1. The van der Waals surface area contributed by atoms with Crippen molar-refractivity contribution < 1.29 is 14.3 Å². The Morgan fingerprint density at radius 1 is 1.27 bits per heavy atom. The van der Waals surface area contributed by atoms with E-state index in [1.54, 1.807) is 25.4 Å². The lowest BCUT2D eigenvalue weighted by Crippen LogP contribution is -2.38. The number of likely N-dealkylation sites (N-methyl/N-ethyl adjacent to an activating group) is 1. The highest BCUT2D eigenvalue weighted by Crippen LogP contribution is 2.38. The summed E-state index contributed by atoms with van der Waals surface area (Å²) >= 11 is 0. The minimum Gasteiger partial charge on any atom is -0.482 e. The van der Waals surface area contributed by atoms with E-state index in [1.807, 2.05) is 45.0 Å². The molecule has 0 amide bonds. The van der Waals surface area contributed by atoms with Gasteiger partial charge in [-0.1, -0.05) is 23.8 Å². The molecule has 9 nitrogen and oxygen atoms in total. The Labute approximate surface area is 192 Å². The van der Waals surface area contributed by atoms with Gasteiger partial charge in [0.05, 0.1) is 5.56 Å². The van der Waals surface area contributed by atoms with Gasteiger partial charge in [-0.25, -0.2) is 4.98 Å².